The van der Waals surface area contributed by atoms with Crippen molar-refractivity contribution in [2.24, 2.45) is 0 Å². The van der Waals surface area contributed by atoms with E-state index in [-0.39, 0.29) is 0 Å². The number of hydrogen-bond donors (Lipinski definition) is 3. The molecular weight excluding hydrogens is 238 g/mol. The predicted molar refractivity (Wildman–Crippen MR) is 77.4 cm³/mol. The van der Waals surface area contributed by atoms with Crippen LogP contribution in [0.2, 0.25) is 0 Å². The summed E-state index contributed by atoms with van der Waals surface area (Å²) in [5.74, 6) is 1.88. The summed E-state index contributed by atoms with van der Waals surface area (Å²) in [7, 11) is 0. The van der Waals surface area contributed by atoms with Crippen molar-refractivity contribution >= 4 is 11.6 Å². The maximum Gasteiger partial charge on any atom is 0.131 e. The molecule has 2 aliphatic rings. The van der Waals surface area contributed by atoms with Crippen molar-refractivity contribution < 1.29 is 0 Å². The molecule has 0 bridgehead atoms. The molecule has 1 saturated heterocycles. The Morgan fingerprint density at radius 2 is 1.53 bits per heavy atom. The first-order valence-electron chi connectivity index (χ1n) is 7.46. The fourth-order valence-electron chi connectivity index (χ4n) is 2.75. The summed E-state index contributed by atoms with van der Waals surface area (Å²) in [6.45, 7) is 2.05. The first kappa shape index (κ1) is 12.7. The number of hydrogen-bond acceptors (Lipinski definition) is 5. The van der Waals surface area contributed by atoms with Crippen LogP contribution in [0.5, 0.6) is 0 Å². The Labute approximate surface area is 114 Å². The Morgan fingerprint density at radius 1 is 0.895 bits per heavy atom. The third kappa shape index (κ3) is 3.56. The first-order chi connectivity index (χ1) is 9.40. The monoisotopic (exact) mass is 261 g/mol. The minimum atomic E-state index is 0.514. The van der Waals surface area contributed by atoms with Crippen LogP contribution < -0.4 is 16.0 Å². The summed E-state index contributed by atoms with van der Waals surface area (Å²) < 4.78 is 0. The van der Waals surface area contributed by atoms with Crippen molar-refractivity contribution in [1.29, 1.82) is 0 Å². The molecule has 5 heteroatoms. The Balaban J connectivity index is 1.58. The van der Waals surface area contributed by atoms with Gasteiger partial charge in [-0.2, -0.15) is 0 Å². The van der Waals surface area contributed by atoms with E-state index in [1.165, 1.54) is 38.5 Å². The van der Waals surface area contributed by atoms with E-state index in [2.05, 4.69) is 25.9 Å². The smallest absolute Gasteiger partial charge is 0.131 e. The van der Waals surface area contributed by atoms with Gasteiger partial charge in [0.1, 0.15) is 18.0 Å². The van der Waals surface area contributed by atoms with Gasteiger partial charge in [-0.1, -0.05) is 25.7 Å². The predicted octanol–water partition coefficient (Wildman–Crippen LogP) is 1.99. The maximum atomic E-state index is 4.34. The molecule has 3 rings (SSSR count). The Morgan fingerprint density at radius 3 is 2.11 bits per heavy atom. The van der Waals surface area contributed by atoms with E-state index in [4.69, 9.17) is 0 Å². The highest BCUT2D eigenvalue weighted by Gasteiger charge is 2.17. The summed E-state index contributed by atoms with van der Waals surface area (Å²) in [6, 6.07) is 3.12. The fraction of sp³-hybridized carbons (Fsp3) is 0.714. The molecule has 1 aromatic rings. The molecule has 0 spiro atoms. The minimum absolute atomic E-state index is 0.514. The normalized spacial score (nSPS) is 21.5. The molecule has 1 aliphatic carbocycles. The van der Waals surface area contributed by atoms with Crippen LogP contribution in [0, 0.1) is 0 Å². The van der Waals surface area contributed by atoms with Crippen molar-refractivity contribution in [1.82, 2.24) is 15.3 Å². The molecule has 0 atom stereocenters. The quantitative estimate of drug-likeness (QED) is 0.724. The minimum Gasteiger partial charge on any atom is -0.367 e. The van der Waals surface area contributed by atoms with Crippen molar-refractivity contribution in [2.45, 2.75) is 50.6 Å². The van der Waals surface area contributed by atoms with Gasteiger partial charge in [-0.05, 0) is 12.8 Å². The zero-order valence-electron chi connectivity index (χ0n) is 11.4. The second-order valence-electron chi connectivity index (χ2n) is 5.62. The Bertz CT molecular complexity index is 397. The molecule has 2 heterocycles. The average molecular weight is 261 g/mol. The molecule has 19 heavy (non-hydrogen) atoms. The van der Waals surface area contributed by atoms with Crippen LogP contribution in [0.1, 0.15) is 38.5 Å². The molecule has 1 saturated carbocycles. The van der Waals surface area contributed by atoms with Crippen LogP contribution in [0.3, 0.4) is 0 Å². The summed E-state index contributed by atoms with van der Waals surface area (Å²) in [4.78, 5) is 8.62. The summed E-state index contributed by atoms with van der Waals surface area (Å²) in [6.07, 6.45) is 9.60. The lowest BCUT2D eigenvalue weighted by Gasteiger charge is -2.28. The van der Waals surface area contributed by atoms with Crippen LogP contribution in [0.15, 0.2) is 12.4 Å². The van der Waals surface area contributed by atoms with E-state index in [9.17, 15) is 0 Å². The zero-order valence-corrected chi connectivity index (χ0v) is 11.4. The highest BCUT2D eigenvalue weighted by Crippen LogP contribution is 2.21. The van der Waals surface area contributed by atoms with Gasteiger partial charge in [-0.3, -0.25) is 0 Å². The lowest BCUT2D eigenvalue weighted by atomic mass is 10.1. The van der Waals surface area contributed by atoms with E-state index >= 15 is 0 Å². The van der Waals surface area contributed by atoms with Crippen molar-refractivity contribution in [3.8, 4) is 0 Å². The Kier molecular flexibility index (Phi) is 4.13. The number of anilines is 2. The molecular formula is C14H23N5. The van der Waals surface area contributed by atoms with Gasteiger partial charge >= 0.3 is 0 Å². The van der Waals surface area contributed by atoms with Gasteiger partial charge in [0, 0.05) is 25.2 Å². The number of aromatic nitrogens is 2. The standard InChI is InChI=1S/C14H23N5/c1-2-4-6-11(5-3-1)18-13-7-14(17-10-16-13)19-12-8-15-9-12/h7,10-12,15H,1-6,8-9H2,(H2,16,17,18,19). The Hall–Kier alpha value is -1.36. The molecule has 0 unspecified atom stereocenters. The van der Waals surface area contributed by atoms with E-state index in [1.807, 2.05) is 6.07 Å². The topological polar surface area (TPSA) is 61.9 Å². The lowest BCUT2D eigenvalue weighted by Crippen LogP contribution is -2.51. The summed E-state index contributed by atoms with van der Waals surface area (Å²) in [5.41, 5.74) is 0. The third-order valence-corrected chi connectivity index (χ3v) is 4.01. The maximum absolute atomic E-state index is 4.34. The molecule has 0 amide bonds. The average Bonchev–Trinajstić information content (AvgIpc) is 2.63. The van der Waals surface area contributed by atoms with Crippen LogP contribution in [-0.2, 0) is 0 Å². The number of nitrogens with one attached hydrogen (secondary N) is 3. The highest BCUT2D eigenvalue weighted by atomic mass is 15.1. The van der Waals surface area contributed by atoms with Crippen LogP contribution in [-0.4, -0.2) is 35.1 Å². The van der Waals surface area contributed by atoms with Crippen molar-refractivity contribution in [2.75, 3.05) is 23.7 Å². The third-order valence-electron chi connectivity index (χ3n) is 4.01. The largest absolute Gasteiger partial charge is 0.367 e. The molecule has 5 nitrogen and oxygen atoms in total. The molecule has 3 N–H and O–H groups in total. The molecule has 1 aliphatic heterocycles. The molecule has 2 fully saturated rings. The fourth-order valence-corrected chi connectivity index (χ4v) is 2.75. The SMILES string of the molecule is c1nc(NC2CCCCCC2)cc(NC2CNC2)n1. The van der Waals surface area contributed by atoms with Crippen LogP contribution >= 0.6 is 0 Å². The second-order valence-corrected chi connectivity index (χ2v) is 5.62. The van der Waals surface area contributed by atoms with Gasteiger partial charge in [-0.15, -0.1) is 0 Å². The van der Waals surface area contributed by atoms with Gasteiger partial charge in [0.15, 0.2) is 0 Å². The van der Waals surface area contributed by atoms with Gasteiger partial charge in [0.05, 0.1) is 6.04 Å². The van der Waals surface area contributed by atoms with Gasteiger partial charge in [0.2, 0.25) is 0 Å². The molecule has 104 valence electrons. The van der Waals surface area contributed by atoms with Crippen LogP contribution in [0.25, 0.3) is 0 Å². The second kappa shape index (κ2) is 6.19. The van der Waals surface area contributed by atoms with Gasteiger partial charge in [-0.25, -0.2) is 9.97 Å². The molecule has 1 aromatic heterocycles. The number of nitrogens with zero attached hydrogens (tertiary/aromatic N) is 2. The van der Waals surface area contributed by atoms with E-state index in [0.717, 1.165) is 24.7 Å². The van der Waals surface area contributed by atoms with Crippen molar-refractivity contribution in [3.05, 3.63) is 12.4 Å². The molecule has 0 radical (unpaired) electrons. The van der Waals surface area contributed by atoms with Crippen molar-refractivity contribution in [3.63, 3.8) is 0 Å². The highest BCUT2D eigenvalue weighted by molar-refractivity contribution is 5.47. The number of rotatable bonds is 4. The van der Waals surface area contributed by atoms with E-state index in [0.29, 0.717) is 12.1 Å². The van der Waals surface area contributed by atoms with Gasteiger partial charge < -0.3 is 16.0 Å². The first-order valence-corrected chi connectivity index (χ1v) is 7.46. The lowest BCUT2D eigenvalue weighted by molar-refractivity contribution is 0.471. The summed E-state index contributed by atoms with van der Waals surface area (Å²) in [5, 5.41) is 10.2. The molecule has 0 aromatic carbocycles. The van der Waals surface area contributed by atoms with E-state index < -0.39 is 0 Å². The van der Waals surface area contributed by atoms with Crippen LogP contribution in [0.4, 0.5) is 11.6 Å². The van der Waals surface area contributed by atoms with E-state index in [1.54, 1.807) is 6.33 Å². The summed E-state index contributed by atoms with van der Waals surface area (Å²) >= 11 is 0. The van der Waals surface area contributed by atoms with Gasteiger partial charge in [0.25, 0.3) is 0 Å². The zero-order chi connectivity index (χ0) is 12.9.